The van der Waals surface area contributed by atoms with Gasteiger partial charge in [-0.25, -0.2) is 9.97 Å². The SMILES string of the molecule is CCNc1nc(-c2ccc(C)c(Br)c2)ncc1I. The molecule has 0 fully saturated rings. The van der Waals surface area contributed by atoms with E-state index < -0.39 is 0 Å². The summed E-state index contributed by atoms with van der Waals surface area (Å²) < 4.78 is 2.11. The molecule has 3 nitrogen and oxygen atoms in total. The minimum absolute atomic E-state index is 0.743. The van der Waals surface area contributed by atoms with Gasteiger partial charge in [0.2, 0.25) is 0 Å². The van der Waals surface area contributed by atoms with Gasteiger partial charge in [0.05, 0.1) is 3.57 Å². The fourth-order valence-electron chi connectivity index (χ4n) is 1.53. The summed E-state index contributed by atoms with van der Waals surface area (Å²) in [6, 6.07) is 6.15. The number of hydrogen-bond donors (Lipinski definition) is 1. The maximum atomic E-state index is 4.55. The first-order valence-electron chi connectivity index (χ1n) is 5.64. The van der Waals surface area contributed by atoms with Gasteiger partial charge in [-0.15, -0.1) is 0 Å². The summed E-state index contributed by atoms with van der Waals surface area (Å²) in [5.41, 5.74) is 2.22. The van der Waals surface area contributed by atoms with Crippen molar-refractivity contribution in [3.8, 4) is 11.4 Å². The Morgan fingerprint density at radius 3 is 2.83 bits per heavy atom. The number of anilines is 1. The topological polar surface area (TPSA) is 37.8 Å². The first-order chi connectivity index (χ1) is 8.61. The number of nitrogens with one attached hydrogen (secondary N) is 1. The van der Waals surface area contributed by atoms with Crippen molar-refractivity contribution in [1.82, 2.24) is 9.97 Å². The molecule has 0 aliphatic rings. The Hall–Kier alpha value is -0.690. The highest BCUT2D eigenvalue weighted by molar-refractivity contribution is 14.1. The first kappa shape index (κ1) is 13.7. The zero-order valence-corrected chi connectivity index (χ0v) is 13.9. The van der Waals surface area contributed by atoms with Crippen molar-refractivity contribution in [2.45, 2.75) is 13.8 Å². The minimum Gasteiger partial charge on any atom is -0.369 e. The second kappa shape index (κ2) is 5.97. The van der Waals surface area contributed by atoms with Gasteiger partial charge in [-0.1, -0.05) is 28.1 Å². The predicted octanol–water partition coefficient (Wildman–Crippen LogP) is 4.25. The summed E-state index contributed by atoms with van der Waals surface area (Å²) in [6.45, 7) is 4.97. The summed E-state index contributed by atoms with van der Waals surface area (Å²) in [5.74, 6) is 1.63. The van der Waals surface area contributed by atoms with Gasteiger partial charge in [0.1, 0.15) is 5.82 Å². The van der Waals surface area contributed by atoms with E-state index in [2.05, 4.69) is 73.7 Å². The van der Waals surface area contributed by atoms with Crippen LogP contribution in [0.15, 0.2) is 28.9 Å². The number of rotatable bonds is 3. The zero-order chi connectivity index (χ0) is 13.1. The van der Waals surface area contributed by atoms with Gasteiger partial charge in [-0.2, -0.15) is 0 Å². The third-order valence-electron chi connectivity index (χ3n) is 2.52. The lowest BCUT2D eigenvalue weighted by Crippen LogP contribution is -2.03. The van der Waals surface area contributed by atoms with Crippen molar-refractivity contribution in [3.63, 3.8) is 0 Å². The van der Waals surface area contributed by atoms with Gasteiger partial charge in [0.15, 0.2) is 5.82 Å². The molecular formula is C13H13BrIN3. The van der Waals surface area contributed by atoms with Crippen molar-refractivity contribution in [2.75, 3.05) is 11.9 Å². The number of nitrogens with zero attached hydrogens (tertiary/aromatic N) is 2. The average molecular weight is 418 g/mol. The van der Waals surface area contributed by atoms with E-state index >= 15 is 0 Å². The molecule has 18 heavy (non-hydrogen) atoms. The molecule has 0 radical (unpaired) electrons. The number of aryl methyl sites for hydroxylation is 1. The van der Waals surface area contributed by atoms with E-state index in [1.54, 1.807) is 0 Å². The molecule has 1 heterocycles. The molecule has 0 aliphatic carbocycles. The van der Waals surface area contributed by atoms with E-state index in [0.717, 1.165) is 31.8 Å². The molecule has 94 valence electrons. The second-order valence-electron chi connectivity index (χ2n) is 3.88. The van der Waals surface area contributed by atoms with E-state index in [1.807, 2.05) is 18.3 Å². The van der Waals surface area contributed by atoms with E-state index in [9.17, 15) is 0 Å². The van der Waals surface area contributed by atoms with Crippen LogP contribution in [-0.4, -0.2) is 16.5 Å². The van der Waals surface area contributed by atoms with Crippen LogP contribution in [0.2, 0.25) is 0 Å². The summed E-state index contributed by atoms with van der Waals surface area (Å²) >= 11 is 5.77. The number of benzene rings is 1. The Morgan fingerprint density at radius 1 is 1.39 bits per heavy atom. The Labute approximate surface area is 129 Å². The van der Waals surface area contributed by atoms with E-state index in [1.165, 1.54) is 5.56 Å². The van der Waals surface area contributed by atoms with Crippen LogP contribution in [0.4, 0.5) is 5.82 Å². The zero-order valence-electron chi connectivity index (χ0n) is 10.2. The van der Waals surface area contributed by atoms with Crippen molar-refractivity contribution < 1.29 is 0 Å². The van der Waals surface area contributed by atoms with Gasteiger partial charge >= 0.3 is 0 Å². The minimum atomic E-state index is 0.743. The summed E-state index contributed by atoms with van der Waals surface area (Å²) in [5, 5.41) is 3.24. The smallest absolute Gasteiger partial charge is 0.161 e. The lowest BCUT2D eigenvalue weighted by molar-refractivity contribution is 1.10. The third kappa shape index (κ3) is 3.00. The highest BCUT2D eigenvalue weighted by Gasteiger charge is 2.07. The highest BCUT2D eigenvalue weighted by Crippen LogP contribution is 2.25. The fourth-order valence-corrected chi connectivity index (χ4v) is 2.36. The maximum Gasteiger partial charge on any atom is 0.161 e. The van der Waals surface area contributed by atoms with Crippen molar-refractivity contribution in [3.05, 3.63) is 38.0 Å². The van der Waals surface area contributed by atoms with Crippen LogP contribution in [0.3, 0.4) is 0 Å². The molecule has 1 aromatic carbocycles. The largest absolute Gasteiger partial charge is 0.369 e. The predicted molar refractivity (Wildman–Crippen MR) is 86.8 cm³/mol. The molecule has 0 amide bonds. The van der Waals surface area contributed by atoms with Crippen LogP contribution >= 0.6 is 38.5 Å². The average Bonchev–Trinajstić information content (AvgIpc) is 2.36. The maximum absolute atomic E-state index is 4.55. The summed E-state index contributed by atoms with van der Waals surface area (Å²) in [4.78, 5) is 8.94. The Kier molecular flexibility index (Phi) is 4.55. The molecule has 0 unspecified atom stereocenters. The van der Waals surface area contributed by atoms with Gasteiger partial charge in [0, 0.05) is 22.8 Å². The molecule has 1 aromatic heterocycles. The van der Waals surface area contributed by atoms with Crippen molar-refractivity contribution >= 4 is 44.3 Å². The molecule has 2 aromatic rings. The van der Waals surface area contributed by atoms with Crippen molar-refractivity contribution in [1.29, 1.82) is 0 Å². The van der Waals surface area contributed by atoms with E-state index in [4.69, 9.17) is 0 Å². The van der Waals surface area contributed by atoms with Gasteiger partial charge < -0.3 is 5.32 Å². The Bertz CT molecular complexity index is 572. The van der Waals surface area contributed by atoms with Crippen LogP contribution < -0.4 is 5.32 Å². The van der Waals surface area contributed by atoms with E-state index in [0.29, 0.717) is 0 Å². The van der Waals surface area contributed by atoms with Crippen LogP contribution in [0.25, 0.3) is 11.4 Å². The van der Waals surface area contributed by atoms with Gasteiger partial charge in [-0.05, 0) is 48.1 Å². The van der Waals surface area contributed by atoms with Crippen LogP contribution in [0.5, 0.6) is 0 Å². The van der Waals surface area contributed by atoms with Crippen LogP contribution in [-0.2, 0) is 0 Å². The van der Waals surface area contributed by atoms with Crippen molar-refractivity contribution in [2.24, 2.45) is 0 Å². The second-order valence-corrected chi connectivity index (χ2v) is 5.90. The summed E-state index contributed by atoms with van der Waals surface area (Å²) in [6.07, 6.45) is 1.84. The molecule has 0 bridgehead atoms. The molecule has 0 aliphatic heterocycles. The molecule has 2 rings (SSSR count). The number of aromatic nitrogens is 2. The van der Waals surface area contributed by atoms with Crippen LogP contribution in [0.1, 0.15) is 12.5 Å². The van der Waals surface area contributed by atoms with E-state index in [-0.39, 0.29) is 0 Å². The molecule has 0 spiro atoms. The molecule has 0 atom stereocenters. The molecule has 1 N–H and O–H groups in total. The lowest BCUT2D eigenvalue weighted by atomic mass is 10.1. The third-order valence-corrected chi connectivity index (χ3v) is 4.16. The molecule has 0 saturated carbocycles. The first-order valence-corrected chi connectivity index (χ1v) is 7.52. The number of hydrogen-bond acceptors (Lipinski definition) is 3. The lowest BCUT2D eigenvalue weighted by Gasteiger charge is -2.08. The fraction of sp³-hybridized carbons (Fsp3) is 0.231. The summed E-state index contributed by atoms with van der Waals surface area (Å²) in [7, 11) is 0. The Balaban J connectivity index is 2.44. The molecular weight excluding hydrogens is 405 g/mol. The standard InChI is InChI=1S/C13H13BrIN3/c1-3-16-13-11(15)7-17-12(18-13)9-5-4-8(2)10(14)6-9/h4-7H,3H2,1-2H3,(H,16,17,18). The highest BCUT2D eigenvalue weighted by atomic mass is 127. The van der Waals surface area contributed by atoms with Gasteiger partial charge in [-0.3, -0.25) is 0 Å². The molecule has 5 heteroatoms. The van der Waals surface area contributed by atoms with Gasteiger partial charge in [0.25, 0.3) is 0 Å². The number of halogens is 2. The Morgan fingerprint density at radius 2 is 2.17 bits per heavy atom. The monoisotopic (exact) mass is 417 g/mol. The van der Waals surface area contributed by atoms with Crippen LogP contribution in [0, 0.1) is 10.5 Å². The quantitative estimate of drug-likeness (QED) is 0.758. The molecule has 0 saturated heterocycles. The normalized spacial score (nSPS) is 10.4.